The Morgan fingerprint density at radius 1 is 0.262 bits per heavy atom. The highest BCUT2D eigenvalue weighted by Crippen LogP contribution is 2.57. The number of para-hydroxylation sites is 3. The topological polar surface area (TPSA) is 6.48 Å². The number of rotatable bonds is 9. The van der Waals surface area contributed by atoms with Gasteiger partial charge in [0.2, 0.25) is 0 Å². The van der Waals surface area contributed by atoms with E-state index in [1.54, 1.807) is 0 Å². The molecule has 0 radical (unpaired) electrons. The zero-order valence-electron chi connectivity index (χ0n) is 35.8. The molecule has 0 saturated heterocycles. The van der Waals surface area contributed by atoms with Crippen molar-refractivity contribution >= 4 is 55.7 Å². The molecular weight excluding hydrogens is 785 g/mol. The molecule has 306 valence electrons. The van der Waals surface area contributed by atoms with Crippen LogP contribution in [0.1, 0.15) is 22.3 Å². The lowest BCUT2D eigenvalue weighted by Gasteiger charge is -2.35. The molecule has 11 aromatic rings. The molecule has 0 aliphatic heterocycles. The fraction of sp³-hybridized carbons (Fsp3) is 0.0159. The minimum absolute atomic E-state index is 0.520. The molecule has 0 N–H and O–H groups in total. The quantitative estimate of drug-likeness (QED) is 0.134. The van der Waals surface area contributed by atoms with Crippen molar-refractivity contribution in [3.63, 3.8) is 0 Å². The van der Waals surface area contributed by atoms with Crippen LogP contribution in [0.5, 0.6) is 0 Å². The second-order valence-corrected chi connectivity index (χ2v) is 16.8. The van der Waals surface area contributed by atoms with Crippen LogP contribution < -0.4 is 9.80 Å². The van der Waals surface area contributed by atoms with E-state index >= 15 is 0 Å². The molecule has 0 spiro atoms. The molecule has 1 aliphatic carbocycles. The van der Waals surface area contributed by atoms with Gasteiger partial charge in [0.15, 0.2) is 0 Å². The van der Waals surface area contributed by atoms with Gasteiger partial charge in [-0.05, 0) is 127 Å². The maximum atomic E-state index is 2.47. The molecule has 0 amide bonds. The molecule has 0 atom stereocenters. The highest BCUT2D eigenvalue weighted by atomic mass is 15.1. The predicted molar refractivity (Wildman–Crippen MR) is 274 cm³/mol. The zero-order valence-corrected chi connectivity index (χ0v) is 35.8. The van der Waals surface area contributed by atoms with Crippen molar-refractivity contribution in [1.82, 2.24) is 0 Å². The Morgan fingerprint density at radius 2 is 0.692 bits per heavy atom. The number of fused-ring (bicyclic) bond motifs is 6. The van der Waals surface area contributed by atoms with Gasteiger partial charge in [-0.15, -0.1) is 0 Å². The summed E-state index contributed by atoms with van der Waals surface area (Å²) in [7, 11) is 0. The summed E-state index contributed by atoms with van der Waals surface area (Å²) in [5, 5.41) is 4.83. The molecule has 12 rings (SSSR count). The molecule has 0 heterocycles. The molecule has 2 heteroatoms. The molecule has 0 bridgehead atoms. The number of hydrogen-bond acceptors (Lipinski definition) is 2. The van der Waals surface area contributed by atoms with Crippen LogP contribution in [0, 0.1) is 0 Å². The van der Waals surface area contributed by atoms with Gasteiger partial charge in [0.05, 0.1) is 11.1 Å². The number of hydrogen-bond donors (Lipinski definition) is 0. The Morgan fingerprint density at radius 3 is 1.29 bits per heavy atom. The molecule has 0 aromatic heterocycles. The summed E-state index contributed by atoms with van der Waals surface area (Å²) in [6.07, 6.45) is 0. The van der Waals surface area contributed by atoms with Gasteiger partial charge in [-0.3, -0.25) is 0 Å². The molecule has 65 heavy (non-hydrogen) atoms. The summed E-state index contributed by atoms with van der Waals surface area (Å²) in [5.74, 6) is 0. The van der Waals surface area contributed by atoms with Gasteiger partial charge in [0.25, 0.3) is 0 Å². The first-order valence-corrected chi connectivity index (χ1v) is 22.4. The van der Waals surface area contributed by atoms with E-state index in [0.29, 0.717) is 0 Å². The SMILES string of the molecule is c1ccc(N(c2ccccc2)c2ccc(-c3cccc4ccc5cccc(N(c6ccccc6)c6cccc(C7(c8ccccc8)c8ccccc8-c8ccccc87)c6)c5c34)cc2)cc1. The second kappa shape index (κ2) is 16.0. The average Bonchev–Trinajstić information content (AvgIpc) is 3.69. The highest BCUT2D eigenvalue weighted by molar-refractivity contribution is 6.20. The highest BCUT2D eigenvalue weighted by Gasteiger charge is 2.46. The molecule has 0 saturated carbocycles. The van der Waals surface area contributed by atoms with Crippen molar-refractivity contribution in [1.29, 1.82) is 0 Å². The van der Waals surface area contributed by atoms with Gasteiger partial charge in [0.1, 0.15) is 0 Å². The van der Waals surface area contributed by atoms with Crippen LogP contribution in [-0.4, -0.2) is 0 Å². The predicted octanol–water partition coefficient (Wildman–Crippen LogP) is 17.0. The second-order valence-electron chi connectivity index (χ2n) is 16.8. The Balaban J connectivity index is 1.06. The van der Waals surface area contributed by atoms with E-state index in [9.17, 15) is 0 Å². The molecule has 0 fully saturated rings. The van der Waals surface area contributed by atoms with Crippen LogP contribution in [0.3, 0.4) is 0 Å². The summed E-state index contributed by atoms with van der Waals surface area (Å²) in [6.45, 7) is 0. The van der Waals surface area contributed by atoms with Gasteiger partial charge in [-0.25, -0.2) is 0 Å². The summed E-state index contributed by atoms with van der Waals surface area (Å²) in [4.78, 5) is 4.78. The molecule has 2 nitrogen and oxygen atoms in total. The Hall–Kier alpha value is -8.46. The smallest absolute Gasteiger partial charge is 0.0714 e. The van der Waals surface area contributed by atoms with Gasteiger partial charge in [0, 0.05) is 33.8 Å². The number of nitrogens with zero attached hydrogens (tertiary/aromatic N) is 2. The van der Waals surface area contributed by atoms with Crippen LogP contribution in [-0.2, 0) is 5.41 Å². The Labute approximate surface area is 380 Å². The van der Waals surface area contributed by atoms with E-state index in [0.717, 1.165) is 34.1 Å². The van der Waals surface area contributed by atoms with Crippen LogP contribution in [0.25, 0.3) is 43.8 Å². The van der Waals surface area contributed by atoms with Gasteiger partial charge in [-0.2, -0.15) is 0 Å². The van der Waals surface area contributed by atoms with Gasteiger partial charge < -0.3 is 9.80 Å². The monoisotopic (exact) mass is 828 g/mol. The first-order chi connectivity index (χ1) is 32.3. The van der Waals surface area contributed by atoms with Gasteiger partial charge >= 0.3 is 0 Å². The van der Waals surface area contributed by atoms with Gasteiger partial charge in [-0.1, -0.05) is 200 Å². The van der Waals surface area contributed by atoms with E-state index in [1.165, 1.54) is 66.1 Å². The van der Waals surface area contributed by atoms with Crippen molar-refractivity contribution in [3.05, 3.63) is 289 Å². The minimum atomic E-state index is -0.520. The lowest BCUT2D eigenvalue weighted by molar-refractivity contribution is 0.768. The summed E-state index contributed by atoms with van der Waals surface area (Å²) in [5.41, 5.74) is 16.2. The molecule has 1 aliphatic rings. The molecular formula is C63H44N2. The zero-order chi connectivity index (χ0) is 43.2. The van der Waals surface area contributed by atoms with E-state index in [2.05, 4.69) is 277 Å². The van der Waals surface area contributed by atoms with Crippen molar-refractivity contribution in [2.24, 2.45) is 0 Å². The van der Waals surface area contributed by atoms with Crippen LogP contribution in [0.15, 0.2) is 267 Å². The summed E-state index contributed by atoms with van der Waals surface area (Å²) < 4.78 is 0. The summed E-state index contributed by atoms with van der Waals surface area (Å²) >= 11 is 0. The minimum Gasteiger partial charge on any atom is -0.311 e. The van der Waals surface area contributed by atoms with E-state index in [-0.39, 0.29) is 0 Å². The van der Waals surface area contributed by atoms with E-state index < -0.39 is 5.41 Å². The standard InChI is InChI=1S/C63H44N2/c1-5-22-48(23-6-1)63(58-35-15-13-32-56(58)57-33-14-16-36-59(57)63)49-24-19-31-54(44-49)65(52-29-11-4-12-30-52)60-37-18-21-47-39-38-46-20-17-34-55(61(46)62(47)60)45-40-42-53(43-41-45)64(50-25-7-2-8-26-50)51-27-9-3-10-28-51/h1-44H. The first-order valence-electron chi connectivity index (χ1n) is 22.4. The fourth-order valence-corrected chi connectivity index (χ4v) is 10.5. The molecule has 11 aromatic carbocycles. The van der Waals surface area contributed by atoms with Crippen molar-refractivity contribution in [3.8, 4) is 22.3 Å². The van der Waals surface area contributed by atoms with Crippen molar-refractivity contribution in [2.45, 2.75) is 5.41 Å². The Bertz CT molecular complexity index is 3390. The number of anilines is 6. The lowest BCUT2D eigenvalue weighted by Crippen LogP contribution is -2.28. The average molecular weight is 829 g/mol. The third-order valence-electron chi connectivity index (χ3n) is 13.3. The third kappa shape index (κ3) is 6.33. The summed E-state index contributed by atoms with van der Waals surface area (Å²) in [6, 6.07) is 97.5. The lowest BCUT2D eigenvalue weighted by atomic mass is 9.67. The normalized spacial score (nSPS) is 12.4. The Kier molecular flexibility index (Phi) is 9.43. The first kappa shape index (κ1) is 38.2. The van der Waals surface area contributed by atoms with Crippen LogP contribution >= 0.6 is 0 Å². The van der Waals surface area contributed by atoms with E-state index in [4.69, 9.17) is 0 Å². The van der Waals surface area contributed by atoms with E-state index in [1.807, 2.05) is 0 Å². The maximum Gasteiger partial charge on any atom is 0.0714 e. The van der Waals surface area contributed by atoms with Crippen molar-refractivity contribution < 1.29 is 0 Å². The largest absolute Gasteiger partial charge is 0.311 e. The van der Waals surface area contributed by atoms with Crippen molar-refractivity contribution in [2.75, 3.05) is 9.80 Å². The van der Waals surface area contributed by atoms with Crippen LogP contribution in [0.2, 0.25) is 0 Å². The maximum absolute atomic E-state index is 2.47. The third-order valence-corrected chi connectivity index (χ3v) is 13.3. The molecule has 0 unspecified atom stereocenters. The fourth-order valence-electron chi connectivity index (χ4n) is 10.5. The number of benzene rings is 11. The van der Waals surface area contributed by atoms with Crippen LogP contribution in [0.4, 0.5) is 34.1 Å².